The molecule has 0 aliphatic carbocycles. The van der Waals surface area contributed by atoms with Crippen molar-refractivity contribution in [2.45, 2.75) is 53.9 Å². The molecule has 0 fully saturated rings. The van der Waals surface area contributed by atoms with E-state index < -0.39 is 0 Å². The van der Waals surface area contributed by atoms with Crippen LogP contribution in [-0.4, -0.2) is 19.0 Å². The summed E-state index contributed by atoms with van der Waals surface area (Å²) in [6.07, 6.45) is 3.44. The highest BCUT2D eigenvalue weighted by Gasteiger charge is 2.24. The van der Waals surface area contributed by atoms with Crippen molar-refractivity contribution in [3.63, 3.8) is 0 Å². The Labute approximate surface area is 101 Å². The molecule has 0 saturated carbocycles. The van der Waals surface area contributed by atoms with E-state index in [0.29, 0.717) is 10.8 Å². The van der Waals surface area contributed by atoms with Gasteiger partial charge in [-0.15, -0.1) is 0 Å². The lowest BCUT2D eigenvalue weighted by Crippen LogP contribution is -2.28. The smallest absolute Gasteiger partial charge is 0.0530 e. The summed E-state index contributed by atoms with van der Waals surface area (Å²) in [7, 11) is 0. The highest BCUT2D eigenvalue weighted by atomic mass is 32.1. The minimum absolute atomic E-state index is 0.293. The molecule has 2 heteroatoms. The Balaban J connectivity index is 3.82. The van der Waals surface area contributed by atoms with E-state index in [9.17, 15) is 0 Å². The molecule has 0 aliphatic rings. The van der Waals surface area contributed by atoms with Crippen LogP contribution in [0, 0.1) is 10.8 Å². The molecule has 0 radical (unpaired) electrons. The lowest BCUT2D eigenvalue weighted by molar-refractivity contribution is 0.0383. The molecule has 0 bridgehead atoms. The van der Waals surface area contributed by atoms with E-state index in [1.807, 2.05) is 0 Å². The molecule has 0 heterocycles. The van der Waals surface area contributed by atoms with Gasteiger partial charge in [0, 0.05) is 12.0 Å². The van der Waals surface area contributed by atoms with E-state index in [1.54, 1.807) is 0 Å². The van der Waals surface area contributed by atoms with Gasteiger partial charge in [0.2, 0.25) is 0 Å². The Morgan fingerprint density at radius 2 is 1.60 bits per heavy atom. The maximum absolute atomic E-state index is 5.80. The second kappa shape index (κ2) is 6.80. The molecule has 0 N–H and O–H groups in total. The van der Waals surface area contributed by atoms with Crippen LogP contribution in [0.4, 0.5) is 0 Å². The van der Waals surface area contributed by atoms with Crippen LogP contribution in [0.1, 0.15) is 53.9 Å². The van der Waals surface area contributed by atoms with Crippen LogP contribution in [0.25, 0.3) is 0 Å². The molecule has 0 unspecified atom stereocenters. The van der Waals surface area contributed by atoms with Gasteiger partial charge in [-0.25, -0.2) is 0 Å². The molecule has 0 saturated heterocycles. The molecule has 0 aliphatic heterocycles. The van der Waals surface area contributed by atoms with Gasteiger partial charge in [0.25, 0.3) is 0 Å². The van der Waals surface area contributed by atoms with Crippen molar-refractivity contribution in [2.75, 3.05) is 19.0 Å². The number of rotatable bonds is 7. The second-order valence-corrected chi connectivity index (χ2v) is 6.04. The first-order chi connectivity index (χ1) is 6.89. The largest absolute Gasteiger partial charge is 0.381 e. The van der Waals surface area contributed by atoms with Crippen LogP contribution in [0.2, 0.25) is 0 Å². The Hall–Kier alpha value is 0.310. The summed E-state index contributed by atoms with van der Waals surface area (Å²) in [5, 5.41) is 0. The normalized spacial score (nSPS) is 13.2. The van der Waals surface area contributed by atoms with Gasteiger partial charge in [-0.2, -0.15) is 12.6 Å². The van der Waals surface area contributed by atoms with Crippen LogP contribution >= 0.6 is 12.6 Å². The third-order valence-corrected chi connectivity index (χ3v) is 3.91. The van der Waals surface area contributed by atoms with Gasteiger partial charge in [-0.3, -0.25) is 0 Å². The zero-order chi connectivity index (χ0) is 11.9. The van der Waals surface area contributed by atoms with E-state index in [-0.39, 0.29) is 0 Å². The number of hydrogen-bond acceptors (Lipinski definition) is 2. The monoisotopic (exact) mass is 232 g/mol. The molecule has 0 aromatic carbocycles. The molecule has 0 amide bonds. The SMILES string of the molecule is CCC(CC)(CS)COCCC(C)(C)C. The zero-order valence-corrected chi connectivity index (χ0v) is 12.0. The van der Waals surface area contributed by atoms with Gasteiger partial charge in [-0.1, -0.05) is 34.6 Å². The molecule has 0 aromatic rings. The third-order valence-electron chi connectivity index (χ3n) is 3.24. The maximum atomic E-state index is 5.80. The average molecular weight is 232 g/mol. The summed E-state index contributed by atoms with van der Waals surface area (Å²) < 4.78 is 5.80. The van der Waals surface area contributed by atoms with E-state index in [1.165, 1.54) is 0 Å². The maximum Gasteiger partial charge on any atom is 0.0530 e. The fraction of sp³-hybridized carbons (Fsp3) is 1.00. The Kier molecular flexibility index (Phi) is 6.94. The summed E-state index contributed by atoms with van der Waals surface area (Å²) in [4.78, 5) is 0. The van der Waals surface area contributed by atoms with Gasteiger partial charge in [0.1, 0.15) is 0 Å². The van der Waals surface area contributed by atoms with Crippen molar-refractivity contribution in [2.24, 2.45) is 10.8 Å². The van der Waals surface area contributed by atoms with Crippen LogP contribution < -0.4 is 0 Å². The first-order valence-electron chi connectivity index (χ1n) is 6.08. The zero-order valence-electron chi connectivity index (χ0n) is 11.1. The van der Waals surface area contributed by atoms with Crippen molar-refractivity contribution in [3.8, 4) is 0 Å². The number of hydrogen-bond donors (Lipinski definition) is 1. The first kappa shape index (κ1) is 15.3. The van der Waals surface area contributed by atoms with Crippen molar-refractivity contribution < 1.29 is 4.74 Å². The quantitative estimate of drug-likeness (QED) is 0.512. The van der Waals surface area contributed by atoms with Crippen LogP contribution in [0.15, 0.2) is 0 Å². The fourth-order valence-electron chi connectivity index (χ4n) is 1.39. The predicted octanol–water partition coefficient (Wildman–Crippen LogP) is 4.18. The lowest BCUT2D eigenvalue weighted by Gasteiger charge is -2.30. The predicted molar refractivity (Wildman–Crippen MR) is 71.8 cm³/mol. The lowest BCUT2D eigenvalue weighted by atomic mass is 9.85. The molecule has 0 rings (SSSR count). The molecule has 1 nitrogen and oxygen atoms in total. The molecule has 0 atom stereocenters. The van der Waals surface area contributed by atoms with Crippen molar-refractivity contribution in [3.05, 3.63) is 0 Å². The highest BCUT2D eigenvalue weighted by molar-refractivity contribution is 7.80. The van der Waals surface area contributed by atoms with Gasteiger partial charge in [0.05, 0.1) is 6.61 Å². The molecule has 92 valence electrons. The molecule has 15 heavy (non-hydrogen) atoms. The van der Waals surface area contributed by atoms with Crippen LogP contribution in [0.3, 0.4) is 0 Å². The van der Waals surface area contributed by atoms with Crippen LogP contribution in [0.5, 0.6) is 0 Å². The van der Waals surface area contributed by atoms with E-state index in [4.69, 9.17) is 4.74 Å². The number of ether oxygens (including phenoxy) is 1. The molecule has 0 spiro atoms. The second-order valence-electron chi connectivity index (χ2n) is 5.73. The highest BCUT2D eigenvalue weighted by Crippen LogP contribution is 2.28. The molecular weight excluding hydrogens is 204 g/mol. The Bertz CT molecular complexity index is 148. The summed E-state index contributed by atoms with van der Waals surface area (Å²) >= 11 is 4.44. The van der Waals surface area contributed by atoms with Gasteiger partial charge in [0.15, 0.2) is 0 Å². The molecule has 0 aromatic heterocycles. The topological polar surface area (TPSA) is 9.23 Å². The van der Waals surface area contributed by atoms with E-state index in [0.717, 1.165) is 38.2 Å². The fourth-order valence-corrected chi connectivity index (χ4v) is 1.93. The summed E-state index contributed by atoms with van der Waals surface area (Å²) in [6, 6.07) is 0. The summed E-state index contributed by atoms with van der Waals surface area (Å²) in [6.45, 7) is 12.9. The van der Waals surface area contributed by atoms with Crippen molar-refractivity contribution >= 4 is 12.6 Å². The van der Waals surface area contributed by atoms with E-state index in [2.05, 4.69) is 47.2 Å². The Morgan fingerprint density at radius 3 is 1.93 bits per heavy atom. The summed E-state index contributed by atoms with van der Waals surface area (Å²) in [5.41, 5.74) is 0.670. The standard InChI is InChI=1S/C13H28OS/c1-6-13(7-2,11-15)10-14-9-8-12(3,4)5/h15H,6-11H2,1-5H3. The van der Waals surface area contributed by atoms with Crippen molar-refractivity contribution in [1.29, 1.82) is 0 Å². The minimum Gasteiger partial charge on any atom is -0.381 e. The first-order valence-corrected chi connectivity index (χ1v) is 6.71. The van der Waals surface area contributed by atoms with Gasteiger partial charge < -0.3 is 4.74 Å². The average Bonchev–Trinajstić information content (AvgIpc) is 2.18. The number of thiol groups is 1. The van der Waals surface area contributed by atoms with Gasteiger partial charge in [-0.05, 0) is 30.4 Å². The van der Waals surface area contributed by atoms with Crippen molar-refractivity contribution in [1.82, 2.24) is 0 Å². The minimum atomic E-state index is 0.293. The summed E-state index contributed by atoms with van der Waals surface area (Å²) in [5.74, 6) is 0.926. The van der Waals surface area contributed by atoms with Crippen LogP contribution in [-0.2, 0) is 4.74 Å². The Morgan fingerprint density at radius 1 is 1.07 bits per heavy atom. The van der Waals surface area contributed by atoms with Gasteiger partial charge >= 0.3 is 0 Å². The third kappa shape index (κ3) is 6.47. The molecular formula is C13H28OS. The van der Waals surface area contributed by atoms with E-state index >= 15 is 0 Å².